The van der Waals surface area contributed by atoms with E-state index in [1.54, 1.807) is 11.7 Å². The Morgan fingerprint density at radius 1 is 1.05 bits per heavy atom. The van der Waals surface area contributed by atoms with Crippen LogP contribution in [-0.4, -0.2) is 11.7 Å². The van der Waals surface area contributed by atoms with Crippen molar-refractivity contribution in [3.05, 3.63) is 63.9 Å². The second-order valence-corrected chi connectivity index (χ2v) is 5.76. The smallest absolute Gasteiger partial charge is 0.258 e. The second-order valence-electron chi connectivity index (χ2n) is 5.76. The highest BCUT2D eigenvalue weighted by atomic mass is 16.5. The lowest BCUT2D eigenvalue weighted by Crippen LogP contribution is -2.23. The summed E-state index contributed by atoms with van der Waals surface area (Å²) in [4.78, 5) is 12.7. The van der Waals surface area contributed by atoms with Crippen molar-refractivity contribution in [1.29, 1.82) is 0 Å². The number of rotatable bonds is 1. The fourth-order valence-corrected chi connectivity index (χ4v) is 3.52. The molecule has 3 aromatic rings. The van der Waals surface area contributed by atoms with E-state index in [4.69, 9.17) is 4.74 Å². The monoisotopic (exact) mass is 291 g/mol. The molecule has 0 fully saturated rings. The molecule has 1 aromatic heterocycles. The lowest BCUT2D eigenvalue weighted by atomic mass is 9.86. The molecule has 0 saturated heterocycles. The summed E-state index contributed by atoms with van der Waals surface area (Å²) >= 11 is 0. The zero-order valence-electron chi connectivity index (χ0n) is 12.7. The Morgan fingerprint density at radius 2 is 1.86 bits per heavy atom. The molecule has 0 N–H and O–H groups in total. The van der Waals surface area contributed by atoms with Crippen LogP contribution in [0, 0.1) is 0 Å². The van der Waals surface area contributed by atoms with Crippen LogP contribution < -0.4 is 10.3 Å². The molecule has 4 rings (SSSR count). The molecule has 0 unspecified atom stereocenters. The van der Waals surface area contributed by atoms with E-state index in [0.717, 1.165) is 35.1 Å². The van der Waals surface area contributed by atoms with E-state index in [0.29, 0.717) is 0 Å². The SMILES string of the molecule is COc1ccc2c(=O)n(C)c3c(c2c1)CCc1ccccc1-3. The maximum Gasteiger partial charge on any atom is 0.258 e. The minimum atomic E-state index is 0.0492. The number of nitrogens with zero attached hydrogens (tertiary/aromatic N) is 1. The lowest BCUT2D eigenvalue weighted by molar-refractivity contribution is 0.415. The lowest BCUT2D eigenvalue weighted by Gasteiger charge is -2.24. The van der Waals surface area contributed by atoms with Gasteiger partial charge in [0.1, 0.15) is 5.75 Å². The highest BCUT2D eigenvalue weighted by Gasteiger charge is 2.22. The Labute approximate surface area is 128 Å². The van der Waals surface area contributed by atoms with Gasteiger partial charge in [0.25, 0.3) is 5.56 Å². The van der Waals surface area contributed by atoms with E-state index in [1.807, 2.05) is 31.3 Å². The zero-order chi connectivity index (χ0) is 15.3. The Kier molecular flexibility index (Phi) is 2.83. The topological polar surface area (TPSA) is 31.2 Å². The molecular formula is C19H17NO2. The highest BCUT2D eigenvalue weighted by molar-refractivity contribution is 5.92. The van der Waals surface area contributed by atoms with Gasteiger partial charge in [0.05, 0.1) is 12.8 Å². The summed E-state index contributed by atoms with van der Waals surface area (Å²) < 4.78 is 7.14. The van der Waals surface area contributed by atoms with Crippen LogP contribution in [0.2, 0.25) is 0 Å². The molecule has 110 valence electrons. The van der Waals surface area contributed by atoms with Crippen LogP contribution in [0.3, 0.4) is 0 Å². The van der Waals surface area contributed by atoms with Crippen molar-refractivity contribution in [2.45, 2.75) is 12.8 Å². The fraction of sp³-hybridized carbons (Fsp3) is 0.211. The van der Waals surface area contributed by atoms with Gasteiger partial charge in [-0.1, -0.05) is 24.3 Å². The third-order valence-corrected chi connectivity index (χ3v) is 4.62. The van der Waals surface area contributed by atoms with E-state index in [2.05, 4.69) is 18.2 Å². The van der Waals surface area contributed by atoms with Crippen molar-refractivity contribution in [3.63, 3.8) is 0 Å². The van der Waals surface area contributed by atoms with Crippen LogP contribution in [0.5, 0.6) is 5.75 Å². The number of benzene rings is 2. The van der Waals surface area contributed by atoms with Gasteiger partial charge in [0.2, 0.25) is 0 Å². The molecule has 2 aromatic carbocycles. The minimum absolute atomic E-state index is 0.0492. The van der Waals surface area contributed by atoms with Gasteiger partial charge >= 0.3 is 0 Å². The molecular weight excluding hydrogens is 274 g/mol. The molecule has 22 heavy (non-hydrogen) atoms. The third-order valence-electron chi connectivity index (χ3n) is 4.62. The number of pyridine rings is 1. The van der Waals surface area contributed by atoms with E-state index < -0.39 is 0 Å². The Hall–Kier alpha value is -2.55. The molecule has 0 aliphatic heterocycles. The van der Waals surface area contributed by atoms with Crippen LogP contribution in [0.4, 0.5) is 0 Å². The zero-order valence-corrected chi connectivity index (χ0v) is 12.7. The molecule has 0 atom stereocenters. The molecule has 1 aliphatic rings. The van der Waals surface area contributed by atoms with Gasteiger partial charge in [-0.2, -0.15) is 0 Å². The van der Waals surface area contributed by atoms with Gasteiger partial charge in [-0.3, -0.25) is 4.79 Å². The van der Waals surface area contributed by atoms with E-state index in [-0.39, 0.29) is 5.56 Å². The van der Waals surface area contributed by atoms with Crippen molar-refractivity contribution in [1.82, 2.24) is 4.57 Å². The maximum absolute atomic E-state index is 12.7. The summed E-state index contributed by atoms with van der Waals surface area (Å²) in [5.41, 5.74) is 4.83. The van der Waals surface area contributed by atoms with Crippen molar-refractivity contribution in [2.24, 2.45) is 7.05 Å². The van der Waals surface area contributed by atoms with Crippen LogP contribution in [-0.2, 0) is 19.9 Å². The first kappa shape index (κ1) is 13.1. The summed E-state index contributed by atoms with van der Waals surface area (Å²) in [5.74, 6) is 0.793. The number of fused-ring (bicyclic) bond motifs is 5. The summed E-state index contributed by atoms with van der Waals surface area (Å²) in [6.07, 6.45) is 1.96. The summed E-state index contributed by atoms with van der Waals surface area (Å²) in [6, 6.07) is 14.1. The molecule has 0 spiro atoms. The predicted molar refractivity (Wildman–Crippen MR) is 88.6 cm³/mol. The van der Waals surface area contributed by atoms with Crippen molar-refractivity contribution < 1.29 is 4.74 Å². The summed E-state index contributed by atoms with van der Waals surface area (Å²) in [5, 5.41) is 1.79. The maximum atomic E-state index is 12.7. The van der Waals surface area contributed by atoms with Crippen molar-refractivity contribution in [3.8, 4) is 17.0 Å². The molecule has 0 saturated carbocycles. The normalized spacial score (nSPS) is 12.8. The van der Waals surface area contributed by atoms with Gasteiger partial charge in [-0.25, -0.2) is 0 Å². The van der Waals surface area contributed by atoms with E-state index in [1.165, 1.54) is 16.7 Å². The summed E-state index contributed by atoms with van der Waals surface area (Å²) in [6.45, 7) is 0. The van der Waals surface area contributed by atoms with Crippen LogP contribution in [0.1, 0.15) is 11.1 Å². The van der Waals surface area contributed by atoms with Gasteiger partial charge in [-0.15, -0.1) is 0 Å². The molecule has 0 amide bonds. The van der Waals surface area contributed by atoms with Crippen LogP contribution >= 0.6 is 0 Å². The van der Waals surface area contributed by atoms with Crippen molar-refractivity contribution in [2.75, 3.05) is 7.11 Å². The molecule has 3 heteroatoms. The number of ether oxygens (including phenoxy) is 1. The average Bonchev–Trinajstić information content (AvgIpc) is 2.58. The Bertz CT molecular complexity index is 954. The number of methoxy groups -OCH3 is 1. The number of aryl methyl sites for hydroxylation is 2. The minimum Gasteiger partial charge on any atom is -0.497 e. The van der Waals surface area contributed by atoms with Crippen LogP contribution in [0.25, 0.3) is 22.0 Å². The second kappa shape index (κ2) is 4.73. The first-order valence-corrected chi connectivity index (χ1v) is 7.48. The van der Waals surface area contributed by atoms with Gasteiger partial charge in [-0.05, 0) is 47.6 Å². The van der Waals surface area contributed by atoms with E-state index >= 15 is 0 Å². The first-order chi connectivity index (χ1) is 10.7. The molecule has 0 bridgehead atoms. The predicted octanol–water partition coefficient (Wildman–Crippen LogP) is 3.31. The number of hydrogen-bond acceptors (Lipinski definition) is 2. The van der Waals surface area contributed by atoms with Crippen molar-refractivity contribution >= 4 is 10.8 Å². The number of hydrogen-bond donors (Lipinski definition) is 0. The molecule has 1 aliphatic carbocycles. The Balaban J connectivity index is 2.17. The average molecular weight is 291 g/mol. The van der Waals surface area contributed by atoms with Gasteiger partial charge in [0, 0.05) is 18.0 Å². The van der Waals surface area contributed by atoms with E-state index in [9.17, 15) is 4.79 Å². The standard InChI is InChI=1S/C19H17NO2/c1-20-18-14-6-4-3-5-12(14)7-9-15(18)17-11-13(22-2)8-10-16(17)19(20)21/h3-6,8,10-11H,7,9H2,1-2H3. The van der Waals surface area contributed by atoms with Gasteiger partial charge in [0.15, 0.2) is 0 Å². The Morgan fingerprint density at radius 3 is 2.68 bits per heavy atom. The first-order valence-electron chi connectivity index (χ1n) is 7.48. The number of aromatic nitrogens is 1. The highest BCUT2D eigenvalue weighted by Crippen LogP contribution is 2.36. The van der Waals surface area contributed by atoms with Crippen LogP contribution in [0.15, 0.2) is 47.3 Å². The molecule has 0 radical (unpaired) electrons. The summed E-state index contributed by atoms with van der Waals surface area (Å²) in [7, 11) is 3.52. The quantitative estimate of drug-likeness (QED) is 0.689. The molecule has 3 nitrogen and oxygen atoms in total. The largest absolute Gasteiger partial charge is 0.497 e. The molecule has 1 heterocycles. The van der Waals surface area contributed by atoms with Gasteiger partial charge < -0.3 is 9.30 Å². The third kappa shape index (κ3) is 1.72. The fourth-order valence-electron chi connectivity index (χ4n) is 3.52.